The number of carbonyl (C=O) groups is 2. The number of rotatable bonds is 16. The Morgan fingerprint density at radius 2 is 1.26 bits per heavy atom. The van der Waals surface area contributed by atoms with E-state index < -0.39 is 5.60 Å². The number of alkyl halides is 1. The molecule has 0 saturated heterocycles. The molecule has 0 aliphatic heterocycles. The average molecular weight is 456 g/mol. The summed E-state index contributed by atoms with van der Waals surface area (Å²) in [6, 6.07) is 0. The first-order chi connectivity index (χ1) is 12.8. The standard InChI is InChI=1S/C18H34BrNO7/c1-18(2,3)27-17(22)5-7-23-9-11-25-13-14-26-12-10-24-8-6-20(4)16(21)15-19/h5-15H2,1-4H3. The molecule has 0 fully saturated rings. The molecule has 0 spiro atoms. The van der Waals surface area contributed by atoms with Crippen molar-refractivity contribution < 1.29 is 33.3 Å². The van der Waals surface area contributed by atoms with Gasteiger partial charge in [0, 0.05) is 13.6 Å². The maximum Gasteiger partial charge on any atom is 0.308 e. The van der Waals surface area contributed by atoms with Crippen molar-refractivity contribution in [3.63, 3.8) is 0 Å². The highest BCUT2D eigenvalue weighted by Crippen LogP contribution is 2.07. The molecule has 0 aromatic rings. The number of hydrogen-bond acceptors (Lipinski definition) is 7. The van der Waals surface area contributed by atoms with Crippen LogP contribution >= 0.6 is 15.9 Å². The third-order valence-electron chi connectivity index (χ3n) is 3.10. The van der Waals surface area contributed by atoms with Crippen LogP contribution in [0.2, 0.25) is 0 Å². The summed E-state index contributed by atoms with van der Waals surface area (Å²) >= 11 is 3.12. The van der Waals surface area contributed by atoms with E-state index in [1.54, 1.807) is 11.9 Å². The molecule has 0 N–H and O–H groups in total. The van der Waals surface area contributed by atoms with Crippen molar-refractivity contribution in [2.75, 3.05) is 71.8 Å². The number of amides is 1. The SMILES string of the molecule is CN(CCOCCOCCOCCOCCC(=O)OC(C)(C)C)C(=O)CBr. The Morgan fingerprint density at radius 3 is 1.70 bits per heavy atom. The minimum atomic E-state index is -0.464. The lowest BCUT2D eigenvalue weighted by Gasteiger charge is -2.19. The lowest BCUT2D eigenvalue weighted by molar-refractivity contribution is -0.156. The third-order valence-corrected chi connectivity index (χ3v) is 3.58. The number of nitrogens with zero attached hydrogens (tertiary/aromatic N) is 1. The van der Waals surface area contributed by atoms with E-state index in [0.29, 0.717) is 64.7 Å². The normalized spacial score (nSPS) is 11.4. The first-order valence-corrected chi connectivity index (χ1v) is 10.2. The van der Waals surface area contributed by atoms with Crippen LogP contribution in [0.15, 0.2) is 0 Å². The van der Waals surface area contributed by atoms with E-state index in [1.807, 2.05) is 20.8 Å². The average Bonchev–Trinajstić information content (AvgIpc) is 2.59. The van der Waals surface area contributed by atoms with Crippen molar-refractivity contribution in [3.05, 3.63) is 0 Å². The quantitative estimate of drug-likeness (QED) is 0.198. The van der Waals surface area contributed by atoms with Crippen LogP contribution in [0, 0.1) is 0 Å². The molecule has 9 heteroatoms. The Bertz CT molecular complexity index is 402. The van der Waals surface area contributed by atoms with Gasteiger partial charge < -0.3 is 28.6 Å². The maximum atomic E-state index is 11.5. The number of hydrogen-bond donors (Lipinski definition) is 0. The number of ether oxygens (including phenoxy) is 5. The molecule has 0 unspecified atom stereocenters. The van der Waals surface area contributed by atoms with Crippen molar-refractivity contribution in [1.82, 2.24) is 4.90 Å². The number of likely N-dealkylation sites (N-methyl/N-ethyl adjacent to an activating group) is 1. The van der Waals surface area contributed by atoms with E-state index in [-0.39, 0.29) is 18.3 Å². The Kier molecular flexibility index (Phi) is 15.8. The zero-order valence-electron chi connectivity index (χ0n) is 17.0. The zero-order valence-corrected chi connectivity index (χ0v) is 18.5. The summed E-state index contributed by atoms with van der Waals surface area (Å²) in [7, 11) is 1.74. The second-order valence-electron chi connectivity index (χ2n) is 6.73. The smallest absolute Gasteiger partial charge is 0.308 e. The van der Waals surface area contributed by atoms with Gasteiger partial charge in [-0.2, -0.15) is 0 Å². The predicted molar refractivity (Wildman–Crippen MR) is 105 cm³/mol. The van der Waals surface area contributed by atoms with Gasteiger partial charge in [-0.1, -0.05) is 15.9 Å². The van der Waals surface area contributed by atoms with Crippen molar-refractivity contribution in [2.24, 2.45) is 0 Å². The highest BCUT2D eigenvalue weighted by Gasteiger charge is 2.15. The van der Waals surface area contributed by atoms with E-state index in [2.05, 4.69) is 15.9 Å². The molecule has 160 valence electrons. The summed E-state index contributed by atoms with van der Waals surface area (Å²) in [5.41, 5.74) is -0.464. The second-order valence-corrected chi connectivity index (χ2v) is 7.30. The molecule has 0 aromatic heterocycles. The van der Waals surface area contributed by atoms with Gasteiger partial charge in [0.05, 0.1) is 64.6 Å². The van der Waals surface area contributed by atoms with E-state index in [4.69, 9.17) is 23.7 Å². The highest BCUT2D eigenvalue weighted by atomic mass is 79.9. The molecule has 0 heterocycles. The van der Waals surface area contributed by atoms with Crippen molar-refractivity contribution >= 4 is 27.8 Å². The van der Waals surface area contributed by atoms with Crippen LogP contribution in [0.25, 0.3) is 0 Å². The molecule has 1 amide bonds. The van der Waals surface area contributed by atoms with Crippen molar-refractivity contribution in [3.8, 4) is 0 Å². The summed E-state index contributed by atoms with van der Waals surface area (Å²) in [4.78, 5) is 24.4. The molecule has 8 nitrogen and oxygen atoms in total. The van der Waals surface area contributed by atoms with Crippen LogP contribution in [-0.4, -0.2) is 94.2 Å². The fourth-order valence-electron chi connectivity index (χ4n) is 1.74. The number of halogens is 1. The zero-order chi connectivity index (χ0) is 20.5. The van der Waals surface area contributed by atoms with Gasteiger partial charge in [0.25, 0.3) is 0 Å². The van der Waals surface area contributed by atoms with Gasteiger partial charge >= 0.3 is 5.97 Å². The Morgan fingerprint density at radius 1 is 0.815 bits per heavy atom. The van der Waals surface area contributed by atoms with E-state index >= 15 is 0 Å². The Balaban J connectivity index is 3.26. The molecule has 0 atom stereocenters. The summed E-state index contributed by atoms with van der Waals surface area (Å²) in [5.74, 6) is -0.235. The Labute approximate surface area is 170 Å². The Hall–Kier alpha value is -0.740. The fraction of sp³-hybridized carbons (Fsp3) is 0.889. The number of carbonyl (C=O) groups excluding carboxylic acids is 2. The summed E-state index contributed by atoms with van der Waals surface area (Å²) in [6.45, 7) is 9.63. The van der Waals surface area contributed by atoms with E-state index in [0.717, 1.165) is 0 Å². The van der Waals surface area contributed by atoms with Gasteiger partial charge in [-0.05, 0) is 20.8 Å². The molecule has 0 aromatic carbocycles. The van der Waals surface area contributed by atoms with E-state index in [1.165, 1.54) is 0 Å². The van der Waals surface area contributed by atoms with Gasteiger partial charge in [0.2, 0.25) is 5.91 Å². The molecular weight excluding hydrogens is 422 g/mol. The van der Waals surface area contributed by atoms with Gasteiger partial charge in [-0.25, -0.2) is 0 Å². The first kappa shape index (κ1) is 26.3. The monoisotopic (exact) mass is 455 g/mol. The second kappa shape index (κ2) is 16.2. The largest absolute Gasteiger partial charge is 0.460 e. The predicted octanol–water partition coefficient (Wildman–Crippen LogP) is 1.64. The van der Waals surface area contributed by atoms with Crippen LogP contribution in [-0.2, 0) is 33.3 Å². The highest BCUT2D eigenvalue weighted by molar-refractivity contribution is 9.09. The van der Waals surface area contributed by atoms with Crippen LogP contribution < -0.4 is 0 Å². The molecule has 0 aliphatic carbocycles. The summed E-state index contributed by atoms with van der Waals surface area (Å²) in [6.07, 6.45) is 0.237. The van der Waals surface area contributed by atoms with E-state index in [9.17, 15) is 9.59 Å². The minimum Gasteiger partial charge on any atom is -0.460 e. The van der Waals surface area contributed by atoms with Crippen LogP contribution in [0.5, 0.6) is 0 Å². The van der Waals surface area contributed by atoms with Gasteiger partial charge in [-0.3, -0.25) is 9.59 Å². The topological polar surface area (TPSA) is 83.5 Å². The maximum absolute atomic E-state index is 11.5. The lowest BCUT2D eigenvalue weighted by atomic mass is 10.2. The lowest BCUT2D eigenvalue weighted by Crippen LogP contribution is -2.31. The van der Waals surface area contributed by atoms with Gasteiger partial charge in [0.15, 0.2) is 0 Å². The first-order valence-electron chi connectivity index (χ1n) is 9.09. The van der Waals surface area contributed by atoms with Gasteiger partial charge in [-0.15, -0.1) is 0 Å². The molecule has 0 saturated carbocycles. The summed E-state index contributed by atoms with van der Waals surface area (Å²) in [5, 5.41) is 0.321. The van der Waals surface area contributed by atoms with Crippen LogP contribution in [0.4, 0.5) is 0 Å². The fourth-order valence-corrected chi connectivity index (χ4v) is 2.17. The van der Waals surface area contributed by atoms with Gasteiger partial charge in [0.1, 0.15) is 5.60 Å². The number of esters is 1. The van der Waals surface area contributed by atoms with Crippen molar-refractivity contribution in [1.29, 1.82) is 0 Å². The molecule has 27 heavy (non-hydrogen) atoms. The van der Waals surface area contributed by atoms with Crippen LogP contribution in [0.3, 0.4) is 0 Å². The minimum absolute atomic E-state index is 0.0285. The van der Waals surface area contributed by atoms with Crippen LogP contribution in [0.1, 0.15) is 27.2 Å². The summed E-state index contributed by atoms with van der Waals surface area (Å²) < 4.78 is 26.6. The molecule has 0 rings (SSSR count). The third kappa shape index (κ3) is 18.4. The molecule has 0 radical (unpaired) electrons. The van der Waals surface area contributed by atoms with Crippen molar-refractivity contribution in [2.45, 2.75) is 32.8 Å². The molecular formula is C18H34BrNO7. The molecule has 0 bridgehead atoms. The molecule has 0 aliphatic rings.